The molecule has 1 amide bonds. The van der Waals surface area contributed by atoms with E-state index >= 15 is 0 Å². The van der Waals surface area contributed by atoms with E-state index in [0.717, 1.165) is 24.2 Å². The van der Waals surface area contributed by atoms with Gasteiger partial charge in [0.2, 0.25) is 15.9 Å². The lowest BCUT2D eigenvalue weighted by Crippen LogP contribution is -2.48. The Kier molecular flexibility index (Phi) is 5.76. The number of hydrogen-bond acceptors (Lipinski definition) is 4. The molecule has 0 aromatic heterocycles. The Morgan fingerprint density at radius 3 is 2.45 bits per heavy atom. The molecule has 0 radical (unpaired) electrons. The highest BCUT2D eigenvalue weighted by Crippen LogP contribution is 2.58. The normalized spacial score (nSPS) is 33.4. The number of amides is 1. The molecule has 4 fully saturated rings. The summed E-state index contributed by atoms with van der Waals surface area (Å²) < 4.78 is 32.9. The van der Waals surface area contributed by atoms with Gasteiger partial charge in [-0.1, -0.05) is 6.42 Å². The largest absolute Gasteiger partial charge is 0.494 e. The fourth-order valence-corrected chi connectivity index (χ4v) is 8.39. The van der Waals surface area contributed by atoms with Crippen molar-refractivity contribution in [3.05, 3.63) is 24.3 Å². The van der Waals surface area contributed by atoms with Crippen LogP contribution in [0.2, 0.25) is 0 Å². The Morgan fingerprint density at radius 1 is 1.03 bits per heavy atom. The number of hydrogen-bond donors (Lipinski definition) is 1. The maximum Gasteiger partial charge on any atom is 0.243 e. The highest BCUT2D eigenvalue weighted by Gasteiger charge is 2.54. The Bertz CT molecular complexity index is 908. The third-order valence-corrected chi connectivity index (χ3v) is 10.3. The number of ether oxygens (including phenoxy) is 1. The molecule has 1 aromatic carbocycles. The lowest BCUT2D eigenvalue weighted by atomic mass is 9.79. The molecule has 170 valence electrons. The van der Waals surface area contributed by atoms with Crippen LogP contribution in [0.4, 0.5) is 0 Å². The second kappa shape index (κ2) is 8.39. The van der Waals surface area contributed by atoms with Crippen LogP contribution in [0.5, 0.6) is 5.75 Å². The molecule has 31 heavy (non-hydrogen) atoms. The van der Waals surface area contributed by atoms with Crippen molar-refractivity contribution in [1.29, 1.82) is 0 Å². The number of carbonyl (C=O) groups is 1. The van der Waals surface area contributed by atoms with Crippen LogP contribution in [0.15, 0.2) is 29.2 Å². The number of rotatable bonds is 6. The first kappa shape index (κ1) is 21.3. The molecule has 4 aliphatic rings. The van der Waals surface area contributed by atoms with Gasteiger partial charge in [0.25, 0.3) is 0 Å². The van der Waals surface area contributed by atoms with Crippen LogP contribution >= 0.6 is 0 Å². The van der Waals surface area contributed by atoms with Crippen LogP contribution in [-0.2, 0) is 14.8 Å². The minimum atomic E-state index is -3.54. The third-order valence-electron chi connectivity index (χ3n) is 8.35. The van der Waals surface area contributed by atoms with Crippen LogP contribution < -0.4 is 10.1 Å². The second-order valence-corrected chi connectivity index (χ2v) is 11.8. The minimum absolute atomic E-state index is 0.0784. The third kappa shape index (κ3) is 3.88. The van der Waals surface area contributed by atoms with E-state index < -0.39 is 10.0 Å². The summed E-state index contributed by atoms with van der Waals surface area (Å²) in [5.41, 5.74) is 0. The van der Waals surface area contributed by atoms with Crippen molar-refractivity contribution >= 4 is 15.9 Å². The van der Waals surface area contributed by atoms with Crippen molar-refractivity contribution < 1.29 is 17.9 Å². The monoisotopic (exact) mass is 446 g/mol. The predicted molar refractivity (Wildman–Crippen MR) is 118 cm³/mol. The molecule has 1 heterocycles. The van der Waals surface area contributed by atoms with Gasteiger partial charge in [-0.15, -0.1) is 0 Å². The van der Waals surface area contributed by atoms with Gasteiger partial charge in [0.05, 0.1) is 11.5 Å². The first-order valence-corrected chi connectivity index (χ1v) is 13.4. The maximum absolute atomic E-state index is 13.0. The van der Waals surface area contributed by atoms with E-state index in [1.807, 2.05) is 6.92 Å². The van der Waals surface area contributed by atoms with E-state index in [1.54, 1.807) is 24.3 Å². The Hall–Kier alpha value is -1.60. The second-order valence-electron chi connectivity index (χ2n) is 9.85. The molecule has 5 rings (SSSR count). The molecule has 1 aliphatic heterocycles. The molecular formula is C24H34N2O4S. The molecule has 7 heteroatoms. The van der Waals surface area contributed by atoms with E-state index in [0.29, 0.717) is 50.2 Å². The molecule has 0 spiro atoms. The van der Waals surface area contributed by atoms with E-state index in [-0.39, 0.29) is 16.7 Å². The lowest BCUT2D eigenvalue weighted by molar-refractivity contribution is -0.127. The van der Waals surface area contributed by atoms with Crippen molar-refractivity contribution in [2.24, 2.45) is 29.6 Å². The summed E-state index contributed by atoms with van der Waals surface area (Å²) >= 11 is 0. The van der Waals surface area contributed by atoms with E-state index in [4.69, 9.17) is 4.74 Å². The van der Waals surface area contributed by atoms with Crippen LogP contribution in [0.3, 0.4) is 0 Å². The zero-order chi connectivity index (χ0) is 21.6. The number of piperidine rings is 1. The molecule has 1 aromatic rings. The molecule has 2 bridgehead atoms. The highest BCUT2D eigenvalue weighted by atomic mass is 32.2. The summed E-state index contributed by atoms with van der Waals surface area (Å²) in [6.45, 7) is 3.24. The van der Waals surface area contributed by atoms with Gasteiger partial charge >= 0.3 is 0 Å². The number of fused-ring (bicyclic) bond motifs is 5. The average Bonchev–Trinajstić information content (AvgIpc) is 3.48. The summed E-state index contributed by atoms with van der Waals surface area (Å²) in [4.78, 5) is 13.2. The van der Waals surface area contributed by atoms with Gasteiger partial charge in [0.1, 0.15) is 5.75 Å². The van der Waals surface area contributed by atoms with Crippen LogP contribution in [0.25, 0.3) is 0 Å². The minimum Gasteiger partial charge on any atom is -0.494 e. The lowest BCUT2D eigenvalue weighted by Gasteiger charge is -2.35. The van der Waals surface area contributed by atoms with E-state index in [1.165, 1.54) is 30.0 Å². The van der Waals surface area contributed by atoms with Crippen molar-refractivity contribution in [1.82, 2.24) is 9.62 Å². The summed E-state index contributed by atoms with van der Waals surface area (Å²) in [7, 11) is -3.54. The standard InChI is InChI=1S/C24H34N2O4S/c1-2-30-18-6-8-19(9-7-18)31(28,29)26-12-10-16(11-13-26)24(27)25-23-15-17-14-22(23)21-5-3-4-20(17)21/h6-9,16-17,20-23H,2-5,10-15H2,1H3,(H,25,27). The number of nitrogens with one attached hydrogen (secondary N) is 1. The maximum atomic E-state index is 13.0. The number of benzene rings is 1. The predicted octanol–water partition coefficient (Wildman–Crippen LogP) is 3.43. The molecule has 3 aliphatic carbocycles. The van der Waals surface area contributed by atoms with Crippen LogP contribution in [-0.4, -0.2) is 44.4 Å². The first-order chi connectivity index (χ1) is 15.0. The van der Waals surface area contributed by atoms with Gasteiger partial charge in [-0.2, -0.15) is 4.31 Å². The molecule has 5 atom stereocenters. The first-order valence-electron chi connectivity index (χ1n) is 12.0. The summed E-state index contributed by atoms with van der Waals surface area (Å²) in [6.07, 6.45) is 7.75. The van der Waals surface area contributed by atoms with Crippen molar-refractivity contribution in [3.8, 4) is 5.75 Å². The smallest absolute Gasteiger partial charge is 0.243 e. The topological polar surface area (TPSA) is 75.7 Å². The Balaban J connectivity index is 1.15. The SMILES string of the molecule is CCOc1ccc(S(=O)(=O)N2CCC(C(=O)NC3CC4CC3C3CCCC43)CC2)cc1. The molecule has 3 saturated carbocycles. The van der Waals surface area contributed by atoms with Gasteiger partial charge < -0.3 is 10.1 Å². The van der Waals surface area contributed by atoms with Gasteiger partial charge in [-0.05, 0) is 93.4 Å². The Labute approximate surface area is 185 Å². The highest BCUT2D eigenvalue weighted by molar-refractivity contribution is 7.89. The van der Waals surface area contributed by atoms with Crippen molar-refractivity contribution in [3.63, 3.8) is 0 Å². The number of sulfonamides is 1. The van der Waals surface area contributed by atoms with Crippen LogP contribution in [0, 0.1) is 29.6 Å². The Morgan fingerprint density at radius 2 is 1.74 bits per heavy atom. The molecule has 1 saturated heterocycles. The molecule has 5 unspecified atom stereocenters. The molecular weight excluding hydrogens is 412 g/mol. The summed E-state index contributed by atoms with van der Waals surface area (Å²) in [6, 6.07) is 6.94. The molecule has 1 N–H and O–H groups in total. The summed E-state index contributed by atoms with van der Waals surface area (Å²) in [5, 5.41) is 3.38. The zero-order valence-electron chi connectivity index (χ0n) is 18.3. The number of carbonyl (C=O) groups excluding carboxylic acids is 1. The fraction of sp³-hybridized carbons (Fsp3) is 0.708. The fourth-order valence-electron chi connectivity index (χ4n) is 6.92. The molecule has 6 nitrogen and oxygen atoms in total. The van der Waals surface area contributed by atoms with Crippen molar-refractivity contribution in [2.75, 3.05) is 19.7 Å². The van der Waals surface area contributed by atoms with Gasteiger partial charge in [-0.25, -0.2) is 8.42 Å². The van der Waals surface area contributed by atoms with Gasteiger partial charge in [0.15, 0.2) is 0 Å². The quantitative estimate of drug-likeness (QED) is 0.726. The average molecular weight is 447 g/mol. The van der Waals surface area contributed by atoms with Gasteiger partial charge in [0, 0.05) is 25.0 Å². The number of nitrogens with zero attached hydrogens (tertiary/aromatic N) is 1. The summed E-state index contributed by atoms with van der Waals surface area (Å²) in [5.74, 6) is 4.00. The van der Waals surface area contributed by atoms with Crippen molar-refractivity contribution in [2.45, 2.75) is 62.8 Å². The van der Waals surface area contributed by atoms with E-state index in [2.05, 4.69) is 5.32 Å². The van der Waals surface area contributed by atoms with Crippen LogP contribution in [0.1, 0.15) is 51.9 Å². The zero-order valence-corrected chi connectivity index (χ0v) is 19.1. The van der Waals surface area contributed by atoms with E-state index in [9.17, 15) is 13.2 Å². The van der Waals surface area contributed by atoms with Gasteiger partial charge in [-0.3, -0.25) is 4.79 Å².